The molecule has 0 aliphatic carbocycles. The SMILES string of the molecule is CSc1ccccc1-c1cc2[nH]c3cccnc3c2c2ccccc12. The predicted molar refractivity (Wildman–Crippen MR) is 108 cm³/mol. The maximum absolute atomic E-state index is 4.62. The van der Waals surface area contributed by atoms with Gasteiger partial charge in [0.15, 0.2) is 0 Å². The van der Waals surface area contributed by atoms with Crippen LogP contribution in [-0.2, 0) is 0 Å². The van der Waals surface area contributed by atoms with E-state index in [-0.39, 0.29) is 0 Å². The molecule has 2 nitrogen and oxygen atoms in total. The quantitative estimate of drug-likeness (QED) is 0.384. The highest BCUT2D eigenvalue weighted by atomic mass is 32.2. The van der Waals surface area contributed by atoms with Crippen LogP contribution < -0.4 is 0 Å². The summed E-state index contributed by atoms with van der Waals surface area (Å²) in [4.78, 5) is 9.46. The van der Waals surface area contributed by atoms with Gasteiger partial charge >= 0.3 is 0 Å². The number of H-pyrrole nitrogens is 1. The second-order valence-corrected chi connectivity index (χ2v) is 6.97. The number of hydrogen-bond acceptors (Lipinski definition) is 2. The molecule has 25 heavy (non-hydrogen) atoms. The molecular formula is C22H16N2S. The van der Waals surface area contributed by atoms with Gasteiger partial charge in [-0.1, -0.05) is 42.5 Å². The van der Waals surface area contributed by atoms with Crippen molar-refractivity contribution in [1.29, 1.82) is 0 Å². The number of hydrogen-bond donors (Lipinski definition) is 1. The van der Waals surface area contributed by atoms with E-state index in [1.165, 1.54) is 32.2 Å². The Kier molecular flexibility index (Phi) is 3.28. The van der Waals surface area contributed by atoms with Gasteiger partial charge in [0.2, 0.25) is 0 Å². The molecule has 3 heteroatoms. The van der Waals surface area contributed by atoms with E-state index < -0.39 is 0 Å². The van der Waals surface area contributed by atoms with Gasteiger partial charge in [0.1, 0.15) is 0 Å². The number of pyridine rings is 1. The first-order valence-corrected chi connectivity index (χ1v) is 9.51. The minimum Gasteiger partial charge on any atom is -0.353 e. The average Bonchev–Trinajstić information content (AvgIpc) is 3.06. The first-order valence-electron chi connectivity index (χ1n) is 8.28. The summed E-state index contributed by atoms with van der Waals surface area (Å²) in [7, 11) is 0. The van der Waals surface area contributed by atoms with Crippen LogP contribution in [0.4, 0.5) is 0 Å². The van der Waals surface area contributed by atoms with Gasteiger partial charge in [0.05, 0.1) is 11.0 Å². The normalized spacial score (nSPS) is 11.6. The Hall–Kier alpha value is -2.78. The number of fused-ring (bicyclic) bond motifs is 5. The van der Waals surface area contributed by atoms with E-state index in [1.807, 2.05) is 12.3 Å². The van der Waals surface area contributed by atoms with E-state index in [9.17, 15) is 0 Å². The summed E-state index contributed by atoms with van der Waals surface area (Å²) in [5.41, 5.74) is 5.80. The van der Waals surface area contributed by atoms with Gasteiger partial charge in [-0.25, -0.2) is 0 Å². The Morgan fingerprint density at radius 2 is 1.60 bits per heavy atom. The molecule has 0 aliphatic rings. The molecule has 0 aliphatic heterocycles. The Bertz CT molecular complexity index is 1240. The molecule has 0 saturated carbocycles. The molecular weight excluding hydrogens is 324 g/mol. The summed E-state index contributed by atoms with van der Waals surface area (Å²) < 4.78 is 0. The van der Waals surface area contributed by atoms with Crippen LogP contribution in [0, 0.1) is 0 Å². The fraction of sp³-hybridized carbons (Fsp3) is 0.0455. The van der Waals surface area contributed by atoms with Gasteiger partial charge in [-0.2, -0.15) is 0 Å². The molecule has 0 bridgehead atoms. The molecule has 0 fully saturated rings. The van der Waals surface area contributed by atoms with Crippen LogP contribution in [0.25, 0.3) is 43.8 Å². The highest BCUT2D eigenvalue weighted by Gasteiger charge is 2.14. The number of benzene rings is 3. The van der Waals surface area contributed by atoms with Crippen LogP contribution in [0.5, 0.6) is 0 Å². The fourth-order valence-corrected chi connectivity index (χ4v) is 4.28. The van der Waals surface area contributed by atoms with E-state index in [2.05, 4.69) is 76.9 Å². The van der Waals surface area contributed by atoms with Crippen LogP contribution in [0.2, 0.25) is 0 Å². The highest BCUT2D eigenvalue weighted by molar-refractivity contribution is 7.98. The van der Waals surface area contributed by atoms with Gasteiger partial charge < -0.3 is 4.98 Å². The van der Waals surface area contributed by atoms with E-state index in [0.717, 1.165) is 16.6 Å². The van der Waals surface area contributed by atoms with Gasteiger partial charge in [0.25, 0.3) is 0 Å². The molecule has 5 rings (SSSR count). The third-order valence-electron chi connectivity index (χ3n) is 4.76. The molecule has 120 valence electrons. The second kappa shape index (κ2) is 5.64. The minimum atomic E-state index is 1.04. The van der Waals surface area contributed by atoms with E-state index >= 15 is 0 Å². The van der Waals surface area contributed by atoms with Crippen molar-refractivity contribution in [3.05, 3.63) is 72.9 Å². The summed E-state index contributed by atoms with van der Waals surface area (Å²) in [6.45, 7) is 0. The molecule has 3 aromatic carbocycles. The van der Waals surface area contributed by atoms with E-state index in [0.29, 0.717) is 0 Å². The maximum Gasteiger partial charge on any atom is 0.0963 e. The topological polar surface area (TPSA) is 28.7 Å². The summed E-state index contributed by atoms with van der Waals surface area (Å²) >= 11 is 1.79. The molecule has 2 aromatic heterocycles. The first kappa shape index (κ1) is 14.6. The standard InChI is InChI=1S/C22H16N2S/c1-25-20-11-5-4-8-15(20)17-13-19-21(16-9-3-2-7-14(16)17)22-18(24-19)10-6-12-23-22/h2-13,24H,1H3. The fourth-order valence-electron chi connectivity index (χ4n) is 3.67. The lowest BCUT2D eigenvalue weighted by atomic mass is 9.95. The Morgan fingerprint density at radius 1 is 0.800 bits per heavy atom. The van der Waals surface area contributed by atoms with Gasteiger partial charge in [-0.15, -0.1) is 11.8 Å². The second-order valence-electron chi connectivity index (χ2n) is 6.12. The Labute approximate surface area is 149 Å². The van der Waals surface area contributed by atoms with Crippen molar-refractivity contribution < 1.29 is 0 Å². The van der Waals surface area contributed by atoms with Crippen LogP contribution in [0.3, 0.4) is 0 Å². The number of thioether (sulfide) groups is 1. The zero-order valence-corrected chi connectivity index (χ0v) is 14.6. The van der Waals surface area contributed by atoms with Crippen LogP contribution >= 0.6 is 11.8 Å². The first-order chi connectivity index (χ1) is 12.4. The molecule has 0 saturated heterocycles. The number of aromatic amines is 1. The van der Waals surface area contributed by atoms with Crippen molar-refractivity contribution in [2.75, 3.05) is 6.26 Å². The smallest absolute Gasteiger partial charge is 0.0963 e. The Morgan fingerprint density at radius 3 is 2.48 bits per heavy atom. The van der Waals surface area contributed by atoms with Crippen molar-refractivity contribution in [2.45, 2.75) is 4.90 Å². The summed E-state index contributed by atoms with van der Waals surface area (Å²) in [6, 6.07) is 23.6. The van der Waals surface area contributed by atoms with Crippen LogP contribution in [0.1, 0.15) is 0 Å². The van der Waals surface area contributed by atoms with Crippen LogP contribution in [0.15, 0.2) is 77.8 Å². The highest BCUT2D eigenvalue weighted by Crippen LogP contribution is 2.40. The third kappa shape index (κ3) is 2.16. The predicted octanol–water partition coefficient (Wildman–Crippen LogP) is 6.26. The van der Waals surface area contributed by atoms with Gasteiger partial charge in [0, 0.05) is 22.0 Å². The molecule has 2 heterocycles. The number of rotatable bonds is 2. The lowest BCUT2D eigenvalue weighted by Crippen LogP contribution is -1.86. The monoisotopic (exact) mass is 340 g/mol. The summed E-state index contributed by atoms with van der Waals surface area (Å²) in [5, 5.41) is 3.72. The van der Waals surface area contributed by atoms with Crippen molar-refractivity contribution in [2.24, 2.45) is 0 Å². The molecule has 0 atom stereocenters. The van der Waals surface area contributed by atoms with Crippen LogP contribution in [-0.4, -0.2) is 16.2 Å². The van der Waals surface area contributed by atoms with Crippen molar-refractivity contribution in [3.63, 3.8) is 0 Å². The summed E-state index contributed by atoms with van der Waals surface area (Å²) in [5.74, 6) is 0. The molecule has 0 unspecified atom stereocenters. The molecule has 0 amide bonds. The van der Waals surface area contributed by atoms with Crippen molar-refractivity contribution in [3.8, 4) is 11.1 Å². The third-order valence-corrected chi connectivity index (χ3v) is 5.55. The molecule has 0 radical (unpaired) electrons. The lowest BCUT2D eigenvalue weighted by Gasteiger charge is -2.12. The zero-order valence-electron chi connectivity index (χ0n) is 13.8. The minimum absolute atomic E-state index is 1.04. The summed E-state index contributed by atoms with van der Waals surface area (Å²) in [6.07, 6.45) is 3.99. The van der Waals surface area contributed by atoms with Crippen molar-refractivity contribution >= 4 is 44.5 Å². The number of nitrogens with one attached hydrogen (secondary N) is 1. The van der Waals surface area contributed by atoms with Gasteiger partial charge in [-0.05, 0) is 52.4 Å². The number of aromatic nitrogens is 2. The zero-order chi connectivity index (χ0) is 16.8. The van der Waals surface area contributed by atoms with Gasteiger partial charge in [-0.3, -0.25) is 4.98 Å². The van der Waals surface area contributed by atoms with E-state index in [1.54, 1.807) is 11.8 Å². The lowest BCUT2D eigenvalue weighted by molar-refractivity contribution is 1.42. The Balaban J connectivity index is 1.98. The molecule has 5 aromatic rings. The average molecular weight is 340 g/mol. The maximum atomic E-state index is 4.62. The molecule has 1 N–H and O–H groups in total. The largest absolute Gasteiger partial charge is 0.353 e. The number of nitrogens with zero attached hydrogens (tertiary/aromatic N) is 1. The van der Waals surface area contributed by atoms with E-state index in [4.69, 9.17) is 0 Å². The van der Waals surface area contributed by atoms with Crippen molar-refractivity contribution in [1.82, 2.24) is 9.97 Å². The molecule has 0 spiro atoms.